The van der Waals surface area contributed by atoms with Crippen molar-refractivity contribution in [1.29, 1.82) is 0 Å². The van der Waals surface area contributed by atoms with E-state index in [-0.39, 0.29) is 22.6 Å². The Hall–Kier alpha value is -1.46. The number of allylic oxidation sites excluding steroid dienone is 4. The Morgan fingerprint density at radius 3 is 2.76 bits per heavy atom. The highest BCUT2D eigenvalue weighted by molar-refractivity contribution is 5.92. The third-order valence-corrected chi connectivity index (χ3v) is 8.63. The van der Waals surface area contributed by atoms with Gasteiger partial charge in [-0.1, -0.05) is 24.1 Å². The zero-order chi connectivity index (χ0) is 20.3. The Bertz CT molecular complexity index is 789. The van der Waals surface area contributed by atoms with E-state index in [1.54, 1.807) is 0 Å². The first-order valence-corrected chi connectivity index (χ1v) is 11.3. The first kappa shape index (κ1) is 19.5. The number of carbonyl (C=O) groups is 2. The topological polar surface area (TPSA) is 61.8 Å². The van der Waals surface area contributed by atoms with Crippen LogP contribution in [0.2, 0.25) is 0 Å². The first-order chi connectivity index (χ1) is 13.9. The Labute approximate surface area is 172 Å². The molecule has 5 aliphatic rings. The van der Waals surface area contributed by atoms with Crippen LogP contribution in [0.25, 0.3) is 0 Å². The molecule has 1 saturated heterocycles. The molecule has 158 valence electrons. The molecule has 2 saturated carbocycles. The predicted octanol–water partition coefficient (Wildman–Crippen LogP) is 4.11. The smallest absolute Gasteiger partial charge is 0.306 e. The largest absolute Gasteiger partial charge is 0.466 e. The molecule has 5 heteroatoms. The predicted molar refractivity (Wildman–Crippen MR) is 107 cm³/mol. The summed E-state index contributed by atoms with van der Waals surface area (Å²) in [6, 6.07) is 0. The maximum Gasteiger partial charge on any atom is 0.306 e. The van der Waals surface area contributed by atoms with Gasteiger partial charge in [0.2, 0.25) is 0 Å². The van der Waals surface area contributed by atoms with E-state index in [0.717, 1.165) is 44.1 Å². The fourth-order valence-corrected chi connectivity index (χ4v) is 7.33. The number of fused-ring (bicyclic) bond motifs is 6. The molecule has 5 nitrogen and oxygen atoms in total. The molecule has 0 bridgehead atoms. The minimum Gasteiger partial charge on any atom is -0.466 e. The molecule has 29 heavy (non-hydrogen) atoms. The third-order valence-electron chi connectivity index (χ3n) is 8.63. The molecule has 4 aliphatic carbocycles. The van der Waals surface area contributed by atoms with Gasteiger partial charge < -0.3 is 14.2 Å². The van der Waals surface area contributed by atoms with Crippen LogP contribution >= 0.6 is 0 Å². The summed E-state index contributed by atoms with van der Waals surface area (Å²) in [6.07, 6.45) is 10.8. The zero-order valence-corrected chi connectivity index (χ0v) is 17.6. The molecular weight excluding hydrogens is 368 g/mol. The van der Waals surface area contributed by atoms with Crippen molar-refractivity contribution in [3.05, 3.63) is 23.3 Å². The lowest BCUT2D eigenvalue weighted by atomic mass is 9.50. The van der Waals surface area contributed by atoms with Gasteiger partial charge in [0.15, 0.2) is 11.6 Å². The highest BCUT2D eigenvalue weighted by Gasteiger charge is 2.65. The van der Waals surface area contributed by atoms with E-state index in [2.05, 4.69) is 13.0 Å². The number of esters is 1. The van der Waals surface area contributed by atoms with E-state index in [4.69, 9.17) is 14.2 Å². The number of carbonyl (C=O) groups excluding carboxylic acids is 2. The molecule has 5 rings (SSSR count). The second-order valence-corrected chi connectivity index (χ2v) is 9.72. The SMILES string of the molecule is CCOC(=O)C[C@]12CCC(=O)C=C1CC[C@@H]1C2=CC[C@@]2(C)[C@H]1CCC21OCCO1. The van der Waals surface area contributed by atoms with Crippen LogP contribution in [0, 0.1) is 22.7 Å². The molecule has 0 aromatic rings. The van der Waals surface area contributed by atoms with Crippen molar-refractivity contribution in [3.8, 4) is 0 Å². The summed E-state index contributed by atoms with van der Waals surface area (Å²) < 4.78 is 17.8. The van der Waals surface area contributed by atoms with Gasteiger partial charge >= 0.3 is 5.97 Å². The number of rotatable bonds is 3. The lowest BCUT2D eigenvalue weighted by Crippen LogP contribution is -2.52. The lowest BCUT2D eigenvalue weighted by molar-refractivity contribution is -0.228. The Balaban J connectivity index is 1.55. The summed E-state index contributed by atoms with van der Waals surface area (Å²) in [5, 5.41) is 0. The van der Waals surface area contributed by atoms with E-state index in [1.807, 2.05) is 13.0 Å². The van der Waals surface area contributed by atoms with Gasteiger partial charge in [0.25, 0.3) is 0 Å². The quantitative estimate of drug-likeness (QED) is 0.527. The maximum absolute atomic E-state index is 12.6. The first-order valence-electron chi connectivity index (χ1n) is 11.3. The van der Waals surface area contributed by atoms with Crippen LogP contribution in [-0.2, 0) is 23.8 Å². The van der Waals surface area contributed by atoms with Gasteiger partial charge in [-0.2, -0.15) is 0 Å². The standard InChI is InChI=1S/C24H32O5/c1-3-27-21(26)15-23-10-6-17(25)14-16(23)4-5-18-19-8-11-24(28-12-13-29-24)22(19,2)9-7-20(18)23/h7,14,18-19H,3-6,8-13,15H2,1-2H3/t18-,19-,22-,23+/m0/s1. The van der Waals surface area contributed by atoms with Gasteiger partial charge in [-0.15, -0.1) is 0 Å². The average molecular weight is 401 g/mol. The zero-order valence-electron chi connectivity index (χ0n) is 17.6. The van der Waals surface area contributed by atoms with Crippen LogP contribution in [0.3, 0.4) is 0 Å². The molecule has 0 unspecified atom stereocenters. The van der Waals surface area contributed by atoms with Crippen molar-refractivity contribution in [1.82, 2.24) is 0 Å². The molecule has 4 atom stereocenters. The molecule has 1 spiro atoms. The number of hydrogen-bond acceptors (Lipinski definition) is 5. The van der Waals surface area contributed by atoms with Gasteiger partial charge in [0.05, 0.1) is 26.2 Å². The highest BCUT2D eigenvalue weighted by Crippen LogP contribution is 2.67. The van der Waals surface area contributed by atoms with Crippen molar-refractivity contribution < 1.29 is 23.8 Å². The summed E-state index contributed by atoms with van der Waals surface area (Å²) in [7, 11) is 0. The number of hydrogen-bond donors (Lipinski definition) is 0. The molecule has 1 aliphatic heterocycles. The molecule has 0 aromatic heterocycles. The van der Waals surface area contributed by atoms with Gasteiger partial charge in [-0.25, -0.2) is 0 Å². The molecule has 0 aromatic carbocycles. The average Bonchev–Trinajstić information content (AvgIpc) is 3.29. The molecule has 0 N–H and O–H groups in total. The van der Waals surface area contributed by atoms with Crippen LogP contribution in [0.5, 0.6) is 0 Å². The highest BCUT2D eigenvalue weighted by atomic mass is 16.7. The van der Waals surface area contributed by atoms with Gasteiger partial charge in [0.1, 0.15) is 0 Å². The Kier molecular flexibility index (Phi) is 4.56. The van der Waals surface area contributed by atoms with Crippen LogP contribution in [0.1, 0.15) is 65.2 Å². The van der Waals surface area contributed by atoms with Gasteiger partial charge in [-0.3, -0.25) is 9.59 Å². The number of ketones is 1. The van der Waals surface area contributed by atoms with E-state index >= 15 is 0 Å². The van der Waals surface area contributed by atoms with Crippen LogP contribution in [0.15, 0.2) is 23.3 Å². The summed E-state index contributed by atoms with van der Waals surface area (Å²) in [6.45, 7) is 5.96. The number of ether oxygens (including phenoxy) is 3. The van der Waals surface area contributed by atoms with Crippen LogP contribution < -0.4 is 0 Å². The molecular formula is C24H32O5. The summed E-state index contributed by atoms with van der Waals surface area (Å²) in [5.41, 5.74) is 2.22. The van der Waals surface area contributed by atoms with Crippen molar-refractivity contribution in [2.45, 2.75) is 71.0 Å². The van der Waals surface area contributed by atoms with E-state index in [9.17, 15) is 9.59 Å². The second kappa shape index (κ2) is 6.78. The van der Waals surface area contributed by atoms with Crippen molar-refractivity contribution >= 4 is 11.8 Å². The minimum absolute atomic E-state index is 0.0194. The van der Waals surface area contributed by atoms with Crippen molar-refractivity contribution in [2.75, 3.05) is 19.8 Å². The van der Waals surface area contributed by atoms with Crippen LogP contribution in [0.4, 0.5) is 0 Å². The van der Waals surface area contributed by atoms with E-state index in [1.165, 1.54) is 5.57 Å². The molecule has 0 amide bonds. The third kappa shape index (κ3) is 2.66. The fourth-order valence-electron chi connectivity index (χ4n) is 7.33. The fraction of sp³-hybridized carbons (Fsp3) is 0.750. The summed E-state index contributed by atoms with van der Waals surface area (Å²) in [4.78, 5) is 24.8. The summed E-state index contributed by atoms with van der Waals surface area (Å²) >= 11 is 0. The molecule has 3 fully saturated rings. The van der Waals surface area contributed by atoms with E-state index in [0.29, 0.717) is 44.5 Å². The minimum atomic E-state index is -0.438. The Morgan fingerprint density at radius 2 is 2.00 bits per heavy atom. The normalized spacial score (nSPS) is 40.0. The van der Waals surface area contributed by atoms with Gasteiger partial charge in [0, 0.05) is 23.7 Å². The maximum atomic E-state index is 12.6. The van der Waals surface area contributed by atoms with Gasteiger partial charge in [-0.05, 0) is 56.9 Å². The Morgan fingerprint density at radius 1 is 1.21 bits per heavy atom. The van der Waals surface area contributed by atoms with Crippen LogP contribution in [-0.4, -0.2) is 37.4 Å². The van der Waals surface area contributed by atoms with E-state index < -0.39 is 5.79 Å². The monoisotopic (exact) mass is 400 g/mol. The molecule has 1 heterocycles. The molecule has 0 radical (unpaired) electrons. The lowest BCUT2D eigenvalue weighted by Gasteiger charge is -2.55. The second-order valence-electron chi connectivity index (χ2n) is 9.72. The van der Waals surface area contributed by atoms with Crippen molar-refractivity contribution in [3.63, 3.8) is 0 Å². The van der Waals surface area contributed by atoms with Crippen molar-refractivity contribution in [2.24, 2.45) is 22.7 Å². The summed E-state index contributed by atoms with van der Waals surface area (Å²) in [5.74, 6) is 0.548.